The second-order valence-corrected chi connectivity index (χ2v) is 8.04. The third kappa shape index (κ3) is 9.17. The molecule has 0 bridgehead atoms. The molecular weight excluding hydrogens is 544 g/mol. The van der Waals surface area contributed by atoms with Crippen LogP contribution in [0.1, 0.15) is 26.3 Å². The molecule has 32 heavy (non-hydrogen) atoms. The maximum atomic E-state index is 12.4. The first-order chi connectivity index (χ1) is 14.4. The lowest BCUT2D eigenvalue weighted by molar-refractivity contribution is -0.153. The van der Waals surface area contributed by atoms with Crippen LogP contribution in [0.25, 0.3) is 0 Å². The van der Waals surface area contributed by atoms with Gasteiger partial charge in [-0.15, -0.1) is 24.0 Å². The molecule has 1 fully saturated rings. The van der Waals surface area contributed by atoms with E-state index in [2.05, 4.69) is 15.6 Å². The van der Waals surface area contributed by atoms with Crippen LogP contribution in [0.15, 0.2) is 23.2 Å². The predicted molar refractivity (Wildman–Crippen MR) is 125 cm³/mol. The number of hydrogen-bond acceptors (Lipinski definition) is 5. The molecule has 0 atom stereocenters. The fourth-order valence-corrected chi connectivity index (χ4v) is 2.72. The molecule has 1 aromatic carbocycles. The summed E-state index contributed by atoms with van der Waals surface area (Å²) in [6.45, 7) is 5.41. The topological polar surface area (TPSA) is 84.4 Å². The van der Waals surface area contributed by atoms with Gasteiger partial charge in [-0.1, -0.05) is 6.07 Å². The maximum absolute atomic E-state index is 12.4. The summed E-state index contributed by atoms with van der Waals surface area (Å²) < 4.78 is 52.3. The Morgan fingerprint density at radius 2 is 1.88 bits per heavy atom. The minimum Gasteiger partial charge on any atom is -0.493 e. The smallest absolute Gasteiger partial charge is 0.422 e. The first kappa shape index (κ1) is 27.9. The van der Waals surface area contributed by atoms with Crippen molar-refractivity contribution in [2.75, 3.05) is 33.9 Å². The standard InChI is InChI=1S/C20H29F3N4O4.HI/c1-19(2,3)31-18(28)27-10-14(11-27)26-17(24-4)25-9-13-6-7-15(16(8-13)29-5)30-12-20(21,22)23;/h6-8,14H,9-12H2,1-5H3,(H2,24,25,26);1H. The highest BCUT2D eigenvalue weighted by atomic mass is 127. The Morgan fingerprint density at radius 3 is 2.41 bits per heavy atom. The van der Waals surface area contributed by atoms with Gasteiger partial charge in [0.15, 0.2) is 24.1 Å². The van der Waals surface area contributed by atoms with Crippen LogP contribution in [0.4, 0.5) is 18.0 Å². The number of ether oxygens (including phenoxy) is 3. The number of nitrogens with one attached hydrogen (secondary N) is 2. The summed E-state index contributed by atoms with van der Waals surface area (Å²) >= 11 is 0. The number of guanidine groups is 1. The van der Waals surface area contributed by atoms with Crippen molar-refractivity contribution in [2.24, 2.45) is 4.99 Å². The molecule has 2 N–H and O–H groups in total. The van der Waals surface area contributed by atoms with Crippen molar-refractivity contribution in [3.8, 4) is 11.5 Å². The number of alkyl halides is 3. The molecule has 2 rings (SSSR count). The number of benzene rings is 1. The highest BCUT2D eigenvalue weighted by molar-refractivity contribution is 14.0. The maximum Gasteiger partial charge on any atom is 0.422 e. The Hall–Kier alpha value is -2.12. The van der Waals surface area contributed by atoms with Gasteiger partial charge < -0.3 is 29.7 Å². The van der Waals surface area contributed by atoms with E-state index in [1.807, 2.05) is 20.8 Å². The van der Waals surface area contributed by atoms with Crippen molar-refractivity contribution >= 4 is 36.0 Å². The third-order valence-corrected chi connectivity index (χ3v) is 4.18. The fraction of sp³-hybridized carbons (Fsp3) is 0.600. The second kappa shape index (κ2) is 11.7. The number of carbonyl (C=O) groups is 1. The van der Waals surface area contributed by atoms with E-state index in [9.17, 15) is 18.0 Å². The van der Waals surface area contributed by atoms with Gasteiger partial charge in [-0.2, -0.15) is 13.2 Å². The van der Waals surface area contributed by atoms with Gasteiger partial charge in [0.05, 0.1) is 13.2 Å². The summed E-state index contributed by atoms with van der Waals surface area (Å²) in [5, 5.41) is 6.33. The summed E-state index contributed by atoms with van der Waals surface area (Å²) in [5.41, 5.74) is 0.227. The van der Waals surface area contributed by atoms with Gasteiger partial charge in [0.2, 0.25) is 0 Å². The lowest BCUT2D eigenvalue weighted by atomic mass is 10.1. The highest BCUT2D eigenvalue weighted by Crippen LogP contribution is 2.29. The highest BCUT2D eigenvalue weighted by Gasteiger charge is 2.34. The molecule has 0 saturated carbocycles. The zero-order valence-electron chi connectivity index (χ0n) is 18.7. The van der Waals surface area contributed by atoms with Crippen LogP contribution in [0, 0.1) is 0 Å². The Labute approximate surface area is 202 Å². The van der Waals surface area contributed by atoms with Gasteiger partial charge in [-0.25, -0.2) is 4.79 Å². The van der Waals surface area contributed by atoms with Gasteiger partial charge in [-0.05, 0) is 38.5 Å². The van der Waals surface area contributed by atoms with Crippen molar-refractivity contribution in [1.29, 1.82) is 0 Å². The first-order valence-electron chi connectivity index (χ1n) is 9.72. The SMILES string of the molecule is CN=C(NCc1ccc(OCC(F)(F)F)c(OC)c1)NC1CN(C(=O)OC(C)(C)C)C1.I. The second-order valence-electron chi connectivity index (χ2n) is 8.04. The summed E-state index contributed by atoms with van der Waals surface area (Å²) in [6.07, 6.45) is -4.78. The van der Waals surface area contributed by atoms with Crippen LogP contribution < -0.4 is 20.1 Å². The molecule has 0 spiro atoms. The van der Waals surface area contributed by atoms with Crippen molar-refractivity contribution in [3.63, 3.8) is 0 Å². The predicted octanol–water partition coefficient (Wildman–Crippen LogP) is 3.54. The van der Waals surface area contributed by atoms with Crippen LogP contribution >= 0.6 is 24.0 Å². The van der Waals surface area contributed by atoms with E-state index in [1.165, 1.54) is 13.2 Å². The molecular formula is C20H30F3IN4O4. The summed E-state index contributed by atoms with van der Waals surface area (Å²) in [7, 11) is 2.98. The minimum atomic E-state index is -4.43. The Morgan fingerprint density at radius 1 is 1.22 bits per heavy atom. The van der Waals surface area contributed by atoms with E-state index in [1.54, 1.807) is 24.1 Å². The van der Waals surface area contributed by atoms with Crippen molar-refractivity contribution < 1.29 is 32.2 Å². The molecule has 0 radical (unpaired) electrons. The molecule has 0 unspecified atom stereocenters. The van der Waals surface area contributed by atoms with E-state index < -0.39 is 18.4 Å². The molecule has 1 saturated heterocycles. The van der Waals surface area contributed by atoms with Crippen molar-refractivity contribution in [3.05, 3.63) is 23.8 Å². The average Bonchev–Trinajstić information content (AvgIpc) is 2.62. The average molecular weight is 574 g/mol. The third-order valence-electron chi connectivity index (χ3n) is 4.18. The van der Waals surface area contributed by atoms with Gasteiger partial charge >= 0.3 is 12.3 Å². The number of amides is 1. The monoisotopic (exact) mass is 574 g/mol. The zero-order chi connectivity index (χ0) is 23.2. The quantitative estimate of drug-likeness (QED) is 0.308. The molecule has 1 aliphatic rings. The Balaban J connectivity index is 0.00000512. The van der Waals surface area contributed by atoms with E-state index in [0.717, 1.165) is 5.56 Å². The van der Waals surface area contributed by atoms with E-state index >= 15 is 0 Å². The van der Waals surface area contributed by atoms with Crippen LogP contribution in [0.3, 0.4) is 0 Å². The molecule has 1 aliphatic heterocycles. The fourth-order valence-electron chi connectivity index (χ4n) is 2.72. The number of nitrogens with zero attached hydrogens (tertiary/aromatic N) is 2. The number of aliphatic imine (C=N–C) groups is 1. The number of carbonyl (C=O) groups excluding carboxylic acids is 1. The summed E-state index contributed by atoms with van der Waals surface area (Å²) in [6, 6.07) is 4.70. The number of halogens is 4. The largest absolute Gasteiger partial charge is 0.493 e. The van der Waals surface area contributed by atoms with Gasteiger partial charge in [0.1, 0.15) is 5.60 Å². The molecule has 1 aromatic rings. The van der Waals surface area contributed by atoms with E-state index in [4.69, 9.17) is 14.2 Å². The number of rotatable bonds is 6. The molecule has 1 amide bonds. The molecule has 8 nitrogen and oxygen atoms in total. The summed E-state index contributed by atoms with van der Waals surface area (Å²) in [5.74, 6) is 0.756. The number of methoxy groups -OCH3 is 1. The van der Waals surface area contributed by atoms with Gasteiger partial charge in [0, 0.05) is 26.7 Å². The van der Waals surface area contributed by atoms with Crippen LogP contribution in [0.5, 0.6) is 11.5 Å². The molecule has 1 heterocycles. The van der Waals surface area contributed by atoms with Crippen LogP contribution in [-0.2, 0) is 11.3 Å². The van der Waals surface area contributed by atoms with E-state index in [0.29, 0.717) is 25.6 Å². The molecule has 0 aromatic heterocycles. The lowest BCUT2D eigenvalue weighted by Gasteiger charge is -2.40. The molecule has 182 valence electrons. The Bertz CT molecular complexity index is 794. The minimum absolute atomic E-state index is 0. The Kier molecular flexibility index (Phi) is 10.2. The zero-order valence-corrected chi connectivity index (χ0v) is 21.0. The summed E-state index contributed by atoms with van der Waals surface area (Å²) in [4.78, 5) is 17.7. The van der Waals surface area contributed by atoms with Gasteiger partial charge in [0.25, 0.3) is 0 Å². The number of likely N-dealkylation sites (tertiary alicyclic amines) is 1. The first-order valence-corrected chi connectivity index (χ1v) is 9.72. The molecule has 12 heteroatoms. The van der Waals surface area contributed by atoms with Crippen LogP contribution in [-0.4, -0.2) is 68.6 Å². The van der Waals surface area contributed by atoms with E-state index in [-0.39, 0.29) is 47.6 Å². The lowest BCUT2D eigenvalue weighted by Crippen LogP contribution is -2.63. The van der Waals surface area contributed by atoms with Crippen molar-refractivity contribution in [1.82, 2.24) is 15.5 Å². The van der Waals surface area contributed by atoms with Gasteiger partial charge in [-0.3, -0.25) is 4.99 Å². The van der Waals surface area contributed by atoms with Crippen molar-refractivity contribution in [2.45, 2.75) is 45.1 Å². The normalized spacial score (nSPS) is 14.8. The van der Waals surface area contributed by atoms with Crippen LogP contribution in [0.2, 0.25) is 0 Å². The molecule has 0 aliphatic carbocycles. The number of hydrogen-bond donors (Lipinski definition) is 2.